The summed E-state index contributed by atoms with van der Waals surface area (Å²) in [6.07, 6.45) is 4.00. The number of imidazole rings is 1. The fourth-order valence-electron chi connectivity index (χ4n) is 5.60. The van der Waals surface area contributed by atoms with E-state index in [1.165, 1.54) is 22.6 Å². The zero-order chi connectivity index (χ0) is 21.8. The van der Waals surface area contributed by atoms with Crippen molar-refractivity contribution in [2.45, 2.75) is 51.9 Å². The van der Waals surface area contributed by atoms with Gasteiger partial charge in [-0.15, -0.1) is 0 Å². The van der Waals surface area contributed by atoms with Crippen molar-refractivity contribution in [3.8, 4) is 11.5 Å². The molecule has 7 nitrogen and oxygen atoms in total. The molecule has 0 bridgehead atoms. The van der Waals surface area contributed by atoms with E-state index in [9.17, 15) is 13.6 Å². The molecule has 9 heteroatoms. The summed E-state index contributed by atoms with van der Waals surface area (Å²) in [4.78, 5) is 26.5. The third-order valence-corrected chi connectivity index (χ3v) is 7.58. The van der Waals surface area contributed by atoms with Crippen molar-refractivity contribution in [3.63, 3.8) is 0 Å². The summed E-state index contributed by atoms with van der Waals surface area (Å²) < 4.78 is 26.7. The van der Waals surface area contributed by atoms with E-state index in [1.807, 2.05) is 0 Å². The maximum atomic E-state index is 13.4. The van der Waals surface area contributed by atoms with E-state index in [1.54, 1.807) is 26.2 Å². The first kappa shape index (κ1) is 18.9. The Balaban J connectivity index is 1.29. The number of fused-ring (bicyclic) bond motifs is 3. The lowest BCUT2D eigenvalue weighted by Gasteiger charge is -2.45. The van der Waals surface area contributed by atoms with E-state index in [2.05, 4.69) is 32.1 Å². The van der Waals surface area contributed by atoms with Crippen LogP contribution in [0, 0.1) is 16.7 Å². The molecule has 3 aromatic rings. The third-order valence-electron chi connectivity index (χ3n) is 7.58. The van der Waals surface area contributed by atoms with Gasteiger partial charge in [0.05, 0.1) is 22.8 Å². The largest absolute Gasteiger partial charge is 0.335 e. The zero-order valence-corrected chi connectivity index (χ0v) is 17.7. The Kier molecular flexibility index (Phi) is 3.47. The number of amides is 1. The summed E-state index contributed by atoms with van der Waals surface area (Å²) >= 11 is 0. The van der Waals surface area contributed by atoms with Crippen molar-refractivity contribution >= 4 is 22.8 Å². The normalized spacial score (nSPS) is 27.3. The van der Waals surface area contributed by atoms with Gasteiger partial charge >= 0.3 is 0 Å². The van der Waals surface area contributed by atoms with Gasteiger partial charge in [-0.05, 0) is 36.7 Å². The molecule has 2 atom stereocenters. The smallest absolute Gasteiger partial charge is 0.250 e. The molecule has 3 aliphatic rings. The number of hydrogen-bond donors (Lipinski definition) is 2. The van der Waals surface area contributed by atoms with Gasteiger partial charge in [0.15, 0.2) is 11.5 Å². The van der Waals surface area contributed by atoms with Crippen LogP contribution in [-0.2, 0) is 17.6 Å². The number of pyridine rings is 1. The van der Waals surface area contributed by atoms with Gasteiger partial charge in [0.2, 0.25) is 11.8 Å². The van der Waals surface area contributed by atoms with Crippen LogP contribution in [-0.4, -0.2) is 44.0 Å². The highest BCUT2D eigenvalue weighted by Gasteiger charge is 2.58. The van der Waals surface area contributed by atoms with Gasteiger partial charge in [-0.25, -0.2) is 18.7 Å². The minimum atomic E-state index is -2.76. The van der Waals surface area contributed by atoms with E-state index in [4.69, 9.17) is 0 Å². The number of nitrogens with zero attached hydrogens (tertiary/aromatic N) is 4. The summed E-state index contributed by atoms with van der Waals surface area (Å²) in [6.45, 7) is 3.92. The summed E-state index contributed by atoms with van der Waals surface area (Å²) in [7, 11) is 1.60. The number of aromatic amines is 2. The standard InChI is InChI=1S/C22H24F2N6O/c1-20-6-11(20)4-13-15(7-20)28-29-16(13)18-26-14-5-12(8-25-17(14)27-18)30(3)19(31)21(2)9-22(23,24)10-21/h5,8,11H,4,6-7,9-10H2,1-3H3,(H,28,29)(H,25,26,27)/t11-,20-/m1/s1. The van der Waals surface area contributed by atoms with E-state index in [0.29, 0.717) is 34.0 Å². The molecule has 3 heterocycles. The van der Waals surface area contributed by atoms with Crippen LogP contribution in [0.4, 0.5) is 14.5 Å². The Bertz CT molecular complexity index is 1240. The first-order valence-electron chi connectivity index (χ1n) is 10.7. The van der Waals surface area contributed by atoms with Crippen molar-refractivity contribution in [2.75, 3.05) is 11.9 Å². The van der Waals surface area contributed by atoms with E-state index in [0.717, 1.165) is 18.5 Å². The Hall–Kier alpha value is -2.84. The van der Waals surface area contributed by atoms with Crippen LogP contribution in [0.3, 0.4) is 0 Å². The van der Waals surface area contributed by atoms with Crippen LogP contribution in [0.2, 0.25) is 0 Å². The topological polar surface area (TPSA) is 90.6 Å². The lowest BCUT2D eigenvalue weighted by molar-refractivity contribution is -0.171. The highest BCUT2D eigenvalue weighted by atomic mass is 19.3. The van der Waals surface area contributed by atoms with E-state index < -0.39 is 24.2 Å². The number of halogens is 2. The van der Waals surface area contributed by atoms with Gasteiger partial charge in [0.1, 0.15) is 5.69 Å². The van der Waals surface area contributed by atoms with Crippen LogP contribution < -0.4 is 4.90 Å². The predicted octanol–water partition coefficient (Wildman–Crippen LogP) is 3.87. The second-order valence-corrected chi connectivity index (χ2v) is 10.2. The molecule has 3 aliphatic carbocycles. The first-order valence-corrected chi connectivity index (χ1v) is 10.7. The molecule has 3 aromatic heterocycles. The van der Waals surface area contributed by atoms with E-state index >= 15 is 0 Å². The van der Waals surface area contributed by atoms with Crippen LogP contribution >= 0.6 is 0 Å². The second-order valence-electron chi connectivity index (χ2n) is 10.2. The van der Waals surface area contributed by atoms with Crippen molar-refractivity contribution < 1.29 is 13.6 Å². The van der Waals surface area contributed by atoms with Crippen molar-refractivity contribution in [1.82, 2.24) is 25.1 Å². The summed E-state index contributed by atoms with van der Waals surface area (Å²) in [5.41, 5.74) is 4.38. The molecule has 2 fully saturated rings. The van der Waals surface area contributed by atoms with Gasteiger partial charge in [-0.3, -0.25) is 9.89 Å². The van der Waals surface area contributed by atoms with Gasteiger partial charge in [0, 0.05) is 31.1 Å². The predicted molar refractivity (Wildman–Crippen MR) is 111 cm³/mol. The third kappa shape index (κ3) is 2.74. The minimum Gasteiger partial charge on any atom is -0.335 e. The number of carbonyl (C=O) groups excluding carboxylic acids is 1. The number of aromatic nitrogens is 5. The van der Waals surface area contributed by atoms with E-state index in [-0.39, 0.29) is 5.91 Å². The molecule has 2 saturated carbocycles. The van der Waals surface area contributed by atoms with Crippen LogP contribution in [0.15, 0.2) is 12.3 Å². The minimum absolute atomic E-state index is 0.326. The Morgan fingerprint density at radius 3 is 2.81 bits per heavy atom. The fraction of sp³-hybridized carbons (Fsp3) is 0.545. The average molecular weight is 426 g/mol. The van der Waals surface area contributed by atoms with Gasteiger partial charge in [-0.1, -0.05) is 13.8 Å². The van der Waals surface area contributed by atoms with Crippen molar-refractivity contribution in [2.24, 2.45) is 16.7 Å². The highest BCUT2D eigenvalue weighted by Crippen LogP contribution is 2.59. The van der Waals surface area contributed by atoms with Crippen molar-refractivity contribution in [1.29, 1.82) is 0 Å². The Morgan fingerprint density at radius 2 is 2.06 bits per heavy atom. The number of anilines is 1. The molecule has 0 saturated heterocycles. The monoisotopic (exact) mass is 426 g/mol. The molecule has 0 spiro atoms. The molecular formula is C22H24F2N6O. The quantitative estimate of drug-likeness (QED) is 0.665. The highest BCUT2D eigenvalue weighted by molar-refractivity contribution is 5.98. The van der Waals surface area contributed by atoms with Crippen LogP contribution in [0.5, 0.6) is 0 Å². The maximum Gasteiger partial charge on any atom is 0.250 e. The summed E-state index contributed by atoms with van der Waals surface area (Å²) in [5.74, 6) is -1.72. The van der Waals surface area contributed by atoms with Gasteiger partial charge in [-0.2, -0.15) is 5.10 Å². The molecule has 0 unspecified atom stereocenters. The van der Waals surface area contributed by atoms with Crippen LogP contribution in [0.25, 0.3) is 22.7 Å². The molecule has 0 aromatic carbocycles. The van der Waals surface area contributed by atoms with Gasteiger partial charge < -0.3 is 9.88 Å². The lowest BCUT2D eigenvalue weighted by atomic mass is 9.66. The lowest BCUT2D eigenvalue weighted by Crippen LogP contribution is -2.53. The first-order chi connectivity index (χ1) is 14.6. The van der Waals surface area contributed by atoms with Gasteiger partial charge in [0.25, 0.3) is 0 Å². The molecule has 31 heavy (non-hydrogen) atoms. The van der Waals surface area contributed by atoms with Crippen LogP contribution in [0.1, 0.15) is 44.4 Å². The number of carbonyl (C=O) groups is 1. The second kappa shape index (κ2) is 5.69. The number of hydrogen-bond acceptors (Lipinski definition) is 4. The molecule has 6 rings (SSSR count). The number of nitrogens with one attached hydrogen (secondary N) is 2. The number of H-pyrrole nitrogens is 2. The van der Waals surface area contributed by atoms with Crippen molar-refractivity contribution in [3.05, 3.63) is 23.5 Å². The average Bonchev–Trinajstić information content (AvgIpc) is 3.00. The molecular weight excluding hydrogens is 402 g/mol. The fourth-order valence-corrected chi connectivity index (χ4v) is 5.60. The summed E-state index contributed by atoms with van der Waals surface area (Å²) in [6, 6.07) is 1.79. The maximum absolute atomic E-state index is 13.4. The Labute approximate surface area is 177 Å². The number of alkyl halides is 2. The summed E-state index contributed by atoms with van der Waals surface area (Å²) in [5, 5.41) is 7.71. The molecule has 1 amide bonds. The number of rotatable bonds is 3. The molecule has 0 aliphatic heterocycles. The molecule has 162 valence electrons. The molecule has 0 radical (unpaired) electrons. The SMILES string of the molecule is CN(C(=O)C1(C)CC(F)(F)C1)c1cnc2nc(-c3n[nH]c4c3C[C@@H]3C[C@]3(C)C4)[nH]c2c1. The molecule has 2 N–H and O–H groups in total. The Morgan fingerprint density at radius 1 is 1.29 bits per heavy atom. The zero-order valence-electron chi connectivity index (χ0n) is 17.7.